The Balaban J connectivity index is 1.49. The maximum Gasteiger partial charge on any atom is 0.228 e. The summed E-state index contributed by atoms with van der Waals surface area (Å²) in [5.41, 5.74) is 2.70. The molecule has 1 aromatic carbocycles. The van der Waals surface area contributed by atoms with Crippen molar-refractivity contribution in [3.05, 3.63) is 83.2 Å². The van der Waals surface area contributed by atoms with E-state index in [1.54, 1.807) is 42.7 Å². The van der Waals surface area contributed by atoms with Crippen LogP contribution in [-0.4, -0.2) is 45.9 Å². The van der Waals surface area contributed by atoms with Crippen molar-refractivity contribution in [2.45, 2.75) is 38.8 Å². The number of anilines is 1. The maximum absolute atomic E-state index is 13.4. The van der Waals surface area contributed by atoms with Gasteiger partial charge in [0, 0.05) is 49.2 Å². The van der Waals surface area contributed by atoms with Gasteiger partial charge in [-0.05, 0) is 29.8 Å². The standard InChI is InChI=1S/C26H28ClN5O3Si/c1-36(2,3)9-8-35-17-32-15-23(22-14-29-16-30-26(22)32)25(34)19-11-21(13-28-12-19)31-24(33)10-18-4-6-20(27)7-5-18/h4-7,11-16H,8-10,17H2,1-3H3,(H,31,33). The molecule has 4 aromatic rings. The second-order valence-corrected chi connectivity index (χ2v) is 15.8. The lowest BCUT2D eigenvalue weighted by Crippen LogP contribution is -2.22. The highest BCUT2D eigenvalue weighted by Crippen LogP contribution is 2.23. The van der Waals surface area contributed by atoms with Gasteiger partial charge in [-0.25, -0.2) is 9.97 Å². The molecule has 0 saturated heterocycles. The Morgan fingerprint density at radius 3 is 2.61 bits per heavy atom. The van der Waals surface area contributed by atoms with Crippen molar-refractivity contribution in [3.8, 4) is 0 Å². The Bertz CT molecular complexity index is 1380. The first-order valence-electron chi connectivity index (χ1n) is 11.6. The van der Waals surface area contributed by atoms with Crippen LogP contribution in [0.1, 0.15) is 21.5 Å². The summed E-state index contributed by atoms with van der Waals surface area (Å²) in [5, 5.41) is 4.05. The van der Waals surface area contributed by atoms with Gasteiger partial charge in [0.2, 0.25) is 5.91 Å². The molecule has 0 unspecified atom stereocenters. The van der Waals surface area contributed by atoms with Gasteiger partial charge in [0.25, 0.3) is 0 Å². The van der Waals surface area contributed by atoms with Gasteiger partial charge in [-0.2, -0.15) is 0 Å². The van der Waals surface area contributed by atoms with Crippen LogP contribution in [0, 0.1) is 0 Å². The zero-order valence-corrected chi connectivity index (χ0v) is 22.2. The fourth-order valence-corrected chi connectivity index (χ4v) is 4.51. The number of amides is 1. The van der Waals surface area contributed by atoms with E-state index in [1.807, 2.05) is 4.57 Å². The van der Waals surface area contributed by atoms with Crippen LogP contribution in [0.3, 0.4) is 0 Å². The summed E-state index contributed by atoms with van der Waals surface area (Å²) in [6.45, 7) is 7.85. The van der Waals surface area contributed by atoms with E-state index in [0.717, 1.165) is 11.6 Å². The molecule has 186 valence electrons. The Kier molecular flexibility index (Phi) is 7.93. The Morgan fingerprint density at radius 2 is 1.86 bits per heavy atom. The third-order valence-corrected chi connectivity index (χ3v) is 7.53. The van der Waals surface area contributed by atoms with E-state index in [4.69, 9.17) is 16.3 Å². The molecule has 36 heavy (non-hydrogen) atoms. The van der Waals surface area contributed by atoms with E-state index in [9.17, 15) is 9.59 Å². The summed E-state index contributed by atoms with van der Waals surface area (Å²) in [7, 11) is -1.20. The number of pyridine rings is 1. The first kappa shape index (κ1) is 25.7. The number of ketones is 1. The van der Waals surface area contributed by atoms with E-state index in [2.05, 4.69) is 39.9 Å². The molecule has 0 saturated carbocycles. The normalized spacial score (nSPS) is 11.6. The molecule has 0 atom stereocenters. The third-order valence-electron chi connectivity index (χ3n) is 5.57. The van der Waals surface area contributed by atoms with E-state index < -0.39 is 8.07 Å². The van der Waals surface area contributed by atoms with Gasteiger partial charge in [-0.1, -0.05) is 43.4 Å². The van der Waals surface area contributed by atoms with Crippen molar-refractivity contribution < 1.29 is 14.3 Å². The lowest BCUT2D eigenvalue weighted by atomic mass is 10.1. The average molecular weight is 522 g/mol. The highest BCUT2D eigenvalue weighted by atomic mass is 35.5. The van der Waals surface area contributed by atoms with Crippen LogP contribution in [0.4, 0.5) is 5.69 Å². The van der Waals surface area contributed by atoms with Crippen molar-refractivity contribution in [1.82, 2.24) is 19.5 Å². The molecule has 10 heteroatoms. The molecule has 0 aliphatic heterocycles. The molecule has 0 aliphatic carbocycles. The van der Waals surface area contributed by atoms with Crippen LogP contribution in [0.2, 0.25) is 30.7 Å². The van der Waals surface area contributed by atoms with E-state index in [-0.39, 0.29) is 18.1 Å². The molecule has 4 rings (SSSR count). The van der Waals surface area contributed by atoms with E-state index in [0.29, 0.717) is 46.2 Å². The smallest absolute Gasteiger partial charge is 0.228 e. The SMILES string of the molecule is C[Si](C)(C)CCOCn1cc(C(=O)c2cncc(NC(=O)Cc3ccc(Cl)cc3)c2)c2cncnc21. The van der Waals surface area contributed by atoms with Crippen molar-refractivity contribution in [1.29, 1.82) is 0 Å². The van der Waals surface area contributed by atoms with Gasteiger partial charge in [0.05, 0.1) is 23.9 Å². The minimum absolute atomic E-state index is 0.178. The number of nitrogens with one attached hydrogen (secondary N) is 1. The molecule has 0 fully saturated rings. The van der Waals surface area contributed by atoms with Crippen LogP contribution in [0.5, 0.6) is 0 Å². The molecule has 1 amide bonds. The van der Waals surface area contributed by atoms with Gasteiger partial charge in [0.15, 0.2) is 5.78 Å². The number of carbonyl (C=O) groups is 2. The third kappa shape index (κ3) is 6.63. The van der Waals surface area contributed by atoms with Crippen molar-refractivity contribution >= 4 is 48.1 Å². The number of rotatable bonds is 10. The average Bonchev–Trinajstić information content (AvgIpc) is 3.21. The zero-order valence-electron chi connectivity index (χ0n) is 20.5. The summed E-state index contributed by atoms with van der Waals surface area (Å²) in [6, 6.07) is 9.74. The monoisotopic (exact) mass is 521 g/mol. The van der Waals surface area contributed by atoms with E-state index >= 15 is 0 Å². The quantitative estimate of drug-likeness (QED) is 0.175. The minimum Gasteiger partial charge on any atom is -0.361 e. The number of ether oxygens (including phenoxy) is 1. The van der Waals surface area contributed by atoms with Gasteiger partial charge in [-0.3, -0.25) is 14.6 Å². The Morgan fingerprint density at radius 1 is 1.08 bits per heavy atom. The lowest BCUT2D eigenvalue weighted by molar-refractivity contribution is -0.115. The Hall–Kier alpha value is -3.40. The molecular formula is C26H28ClN5O3Si. The largest absolute Gasteiger partial charge is 0.361 e. The highest BCUT2D eigenvalue weighted by molar-refractivity contribution is 6.76. The maximum atomic E-state index is 13.4. The topological polar surface area (TPSA) is 99.0 Å². The van der Waals surface area contributed by atoms with E-state index in [1.165, 1.54) is 18.7 Å². The second kappa shape index (κ2) is 11.1. The van der Waals surface area contributed by atoms with Crippen LogP contribution in [-0.2, 0) is 22.7 Å². The molecule has 3 heterocycles. The number of nitrogens with zero attached hydrogens (tertiary/aromatic N) is 4. The van der Waals surface area contributed by atoms with Crippen LogP contribution in [0.25, 0.3) is 11.0 Å². The van der Waals surface area contributed by atoms with Crippen molar-refractivity contribution in [2.75, 3.05) is 11.9 Å². The van der Waals surface area contributed by atoms with Gasteiger partial charge >= 0.3 is 0 Å². The molecule has 0 spiro atoms. The van der Waals surface area contributed by atoms with Crippen molar-refractivity contribution in [3.63, 3.8) is 0 Å². The molecule has 0 radical (unpaired) electrons. The van der Waals surface area contributed by atoms with Crippen LogP contribution >= 0.6 is 11.6 Å². The molecule has 8 nitrogen and oxygen atoms in total. The molecular weight excluding hydrogens is 494 g/mol. The zero-order chi connectivity index (χ0) is 25.7. The van der Waals surface area contributed by atoms with Crippen LogP contribution in [0.15, 0.2) is 61.4 Å². The van der Waals surface area contributed by atoms with Crippen LogP contribution < -0.4 is 5.32 Å². The first-order valence-corrected chi connectivity index (χ1v) is 15.7. The summed E-state index contributed by atoms with van der Waals surface area (Å²) in [4.78, 5) is 38.5. The number of aromatic nitrogens is 4. The number of hydrogen-bond donors (Lipinski definition) is 1. The van der Waals surface area contributed by atoms with Crippen molar-refractivity contribution in [2.24, 2.45) is 0 Å². The number of carbonyl (C=O) groups excluding carboxylic acids is 2. The fraction of sp³-hybridized carbons (Fsp3) is 0.269. The van der Waals surface area contributed by atoms with Gasteiger partial charge < -0.3 is 14.6 Å². The molecule has 0 aliphatic rings. The van der Waals surface area contributed by atoms with Gasteiger partial charge in [0.1, 0.15) is 18.7 Å². The predicted molar refractivity (Wildman–Crippen MR) is 143 cm³/mol. The summed E-state index contributed by atoms with van der Waals surface area (Å²) in [6.07, 6.45) is 7.98. The van der Waals surface area contributed by atoms with Gasteiger partial charge in [-0.15, -0.1) is 0 Å². The first-order chi connectivity index (χ1) is 17.2. The summed E-state index contributed by atoms with van der Waals surface area (Å²) < 4.78 is 7.70. The minimum atomic E-state index is -1.20. The number of halogens is 1. The summed E-state index contributed by atoms with van der Waals surface area (Å²) >= 11 is 5.91. The number of hydrogen-bond acceptors (Lipinski definition) is 6. The molecule has 3 aromatic heterocycles. The number of fused-ring (bicyclic) bond motifs is 1. The summed E-state index contributed by atoms with van der Waals surface area (Å²) in [5.74, 6) is -0.457. The predicted octanol–water partition coefficient (Wildman–Crippen LogP) is 5.20. The Labute approximate surface area is 215 Å². The number of benzene rings is 1. The second-order valence-electron chi connectivity index (χ2n) is 9.76. The molecule has 1 N–H and O–H groups in total. The molecule has 0 bridgehead atoms. The lowest BCUT2D eigenvalue weighted by Gasteiger charge is -2.15. The highest BCUT2D eigenvalue weighted by Gasteiger charge is 2.19. The fourth-order valence-electron chi connectivity index (χ4n) is 3.63.